The summed E-state index contributed by atoms with van der Waals surface area (Å²) in [6, 6.07) is 0. The molecule has 0 radical (unpaired) electrons. The Balaban J connectivity index is 1.72. The second-order valence-electron chi connectivity index (χ2n) is 4.93. The zero-order valence-electron chi connectivity index (χ0n) is 8.84. The molecule has 0 atom stereocenters. The summed E-state index contributed by atoms with van der Waals surface area (Å²) in [4.78, 5) is 4.88. The van der Waals surface area contributed by atoms with E-state index in [1.54, 1.807) is 0 Å². The largest absolute Gasteiger partial charge is 0.315 e. The number of hydrogen-bond acceptors (Lipinski definition) is 3. The van der Waals surface area contributed by atoms with Crippen molar-refractivity contribution in [3.8, 4) is 0 Å². The van der Waals surface area contributed by atoms with Gasteiger partial charge in [-0.2, -0.15) is 0 Å². The molecule has 0 aromatic heterocycles. The minimum atomic E-state index is 0.673. The van der Waals surface area contributed by atoms with Gasteiger partial charge in [0.05, 0.1) is 0 Å². The van der Waals surface area contributed by atoms with Gasteiger partial charge < -0.3 is 15.1 Å². The van der Waals surface area contributed by atoms with Gasteiger partial charge in [0.15, 0.2) is 0 Å². The van der Waals surface area contributed by atoms with Crippen LogP contribution in [-0.4, -0.2) is 63.2 Å². The summed E-state index contributed by atoms with van der Waals surface area (Å²) in [5.74, 6) is 0. The Labute approximate surface area is 81.1 Å². The first-order valence-corrected chi connectivity index (χ1v) is 5.28. The molecule has 0 amide bonds. The molecule has 1 N–H and O–H groups in total. The molecular formula is C10H21N3. The summed E-state index contributed by atoms with van der Waals surface area (Å²) in [7, 11) is 4.30. The Bertz CT molecular complexity index is 175. The number of nitrogens with zero attached hydrogens (tertiary/aromatic N) is 2. The molecular weight excluding hydrogens is 162 g/mol. The molecule has 2 rings (SSSR count). The number of hydrogen-bond donors (Lipinski definition) is 1. The van der Waals surface area contributed by atoms with Crippen LogP contribution in [0, 0.1) is 5.41 Å². The monoisotopic (exact) mass is 183 g/mol. The van der Waals surface area contributed by atoms with E-state index < -0.39 is 0 Å². The number of likely N-dealkylation sites (N-methyl/N-ethyl adjacent to an activating group) is 1. The zero-order valence-corrected chi connectivity index (χ0v) is 8.84. The molecule has 3 heteroatoms. The average molecular weight is 183 g/mol. The molecule has 13 heavy (non-hydrogen) atoms. The van der Waals surface area contributed by atoms with Gasteiger partial charge in [0.1, 0.15) is 0 Å². The molecule has 76 valence electrons. The van der Waals surface area contributed by atoms with E-state index >= 15 is 0 Å². The lowest BCUT2D eigenvalue weighted by molar-refractivity contribution is 0.165. The second-order valence-corrected chi connectivity index (χ2v) is 4.93. The molecule has 3 nitrogen and oxygen atoms in total. The highest BCUT2D eigenvalue weighted by atomic mass is 15.2. The Hall–Kier alpha value is -0.120. The van der Waals surface area contributed by atoms with Gasteiger partial charge in [0, 0.05) is 38.1 Å². The third-order valence-electron chi connectivity index (χ3n) is 3.38. The summed E-state index contributed by atoms with van der Waals surface area (Å²) in [5.41, 5.74) is 0.673. The average Bonchev–Trinajstić information content (AvgIpc) is 2.43. The van der Waals surface area contributed by atoms with Crippen LogP contribution in [0.15, 0.2) is 0 Å². The minimum Gasteiger partial charge on any atom is -0.315 e. The zero-order chi connectivity index (χ0) is 9.31. The Kier molecular flexibility index (Phi) is 2.58. The molecule has 0 unspecified atom stereocenters. The van der Waals surface area contributed by atoms with Crippen LogP contribution in [0.4, 0.5) is 0 Å². The van der Waals surface area contributed by atoms with Crippen molar-refractivity contribution in [2.24, 2.45) is 5.41 Å². The van der Waals surface area contributed by atoms with E-state index in [4.69, 9.17) is 0 Å². The quantitative estimate of drug-likeness (QED) is 0.656. The maximum absolute atomic E-state index is 3.39. The van der Waals surface area contributed by atoms with Gasteiger partial charge in [-0.15, -0.1) is 0 Å². The van der Waals surface area contributed by atoms with Crippen LogP contribution in [0.2, 0.25) is 0 Å². The second kappa shape index (κ2) is 3.56. The molecule has 0 aromatic carbocycles. The van der Waals surface area contributed by atoms with Crippen LogP contribution < -0.4 is 5.32 Å². The van der Waals surface area contributed by atoms with Crippen molar-refractivity contribution in [1.29, 1.82) is 0 Å². The van der Waals surface area contributed by atoms with Crippen molar-refractivity contribution in [2.45, 2.75) is 6.42 Å². The van der Waals surface area contributed by atoms with Gasteiger partial charge in [0.25, 0.3) is 0 Å². The molecule has 2 aliphatic rings. The first-order valence-electron chi connectivity index (χ1n) is 5.28. The van der Waals surface area contributed by atoms with Crippen LogP contribution in [0.25, 0.3) is 0 Å². The molecule has 0 bridgehead atoms. The van der Waals surface area contributed by atoms with E-state index in [1.807, 2.05) is 0 Å². The maximum atomic E-state index is 3.39. The first kappa shape index (κ1) is 9.44. The maximum Gasteiger partial charge on any atom is 0.0109 e. The summed E-state index contributed by atoms with van der Waals surface area (Å²) in [6.07, 6.45) is 1.41. The van der Waals surface area contributed by atoms with Gasteiger partial charge >= 0.3 is 0 Å². The highest BCUT2D eigenvalue weighted by Crippen LogP contribution is 2.33. The van der Waals surface area contributed by atoms with Crippen molar-refractivity contribution in [2.75, 3.05) is 53.4 Å². The highest BCUT2D eigenvalue weighted by Gasteiger charge is 2.42. The van der Waals surface area contributed by atoms with Crippen molar-refractivity contribution in [3.05, 3.63) is 0 Å². The third kappa shape index (κ3) is 2.03. The lowest BCUT2D eigenvalue weighted by atomic mass is 9.81. The van der Waals surface area contributed by atoms with Crippen LogP contribution >= 0.6 is 0 Å². The Morgan fingerprint density at radius 1 is 1.38 bits per heavy atom. The predicted molar refractivity (Wildman–Crippen MR) is 54.9 cm³/mol. The summed E-state index contributed by atoms with van der Waals surface area (Å²) >= 11 is 0. The highest BCUT2D eigenvalue weighted by molar-refractivity contribution is 4.99. The topological polar surface area (TPSA) is 18.5 Å². The van der Waals surface area contributed by atoms with Gasteiger partial charge in [-0.3, -0.25) is 0 Å². The molecule has 2 aliphatic heterocycles. The van der Waals surface area contributed by atoms with E-state index in [1.165, 1.54) is 45.7 Å². The van der Waals surface area contributed by atoms with Crippen molar-refractivity contribution in [1.82, 2.24) is 15.1 Å². The smallest absolute Gasteiger partial charge is 0.0109 e. The van der Waals surface area contributed by atoms with Crippen LogP contribution in [0.1, 0.15) is 6.42 Å². The van der Waals surface area contributed by atoms with Crippen molar-refractivity contribution >= 4 is 0 Å². The van der Waals surface area contributed by atoms with Crippen LogP contribution in [0.5, 0.6) is 0 Å². The minimum absolute atomic E-state index is 0.673. The first-order chi connectivity index (χ1) is 6.20. The number of rotatable bonds is 3. The molecule has 0 aliphatic carbocycles. The van der Waals surface area contributed by atoms with E-state index in [2.05, 4.69) is 29.2 Å². The lowest BCUT2D eigenvalue weighted by Gasteiger charge is -2.39. The summed E-state index contributed by atoms with van der Waals surface area (Å²) < 4.78 is 0. The van der Waals surface area contributed by atoms with Gasteiger partial charge in [0.2, 0.25) is 0 Å². The van der Waals surface area contributed by atoms with Crippen molar-refractivity contribution < 1.29 is 0 Å². The van der Waals surface area contributed by atoms with E-state index in [0.717, 1.165) is 0 Å². The molecule has 1 spiro atoms. The van der Waals surface area contributed by atoms with Crippen molar-refractivity contribution in [3.63, 3.8) is 0 Å². The number of likely N-dealkylation sites (tertiary alicyclic amines) is 1. The van der Waals surface area contributed by atoms with E-state index in [9.17, 15) is 0 Å². The van der Waals surface area contributed by atoms with Gasteiger partial charge in [-0.1, -0.05) is 0 Å². The molecule has 0 aromatic rings. The fourth-order valence-corrected chi connectivity index (χ4v) is 2.33. The van der Waals surface area contributed by atoms with E-state index in [-0.39, 0.29) is 0 Å². The van der Waals surface area contributed by atoms with Crippen LogP contribution in [-0.2, 0) is 0 Å². The fraction of sp³-hybridized carbons (Fsp3) is 1.00. The summed E-state index contributed by atoms with van der Waals surface area (Å²) in [6.45, 7) is 7.60. The summed E-state index contributed by atoms with van der Waals surface area (Å²) in [5, 5.41) is 3.39. The van der Waals surface area contributed by atoms with Gasteiger partial charge in [-0.25, -0.2) is 0 Å². The Morgan fingerprint density at radius 3 is 2.62 bits per heavy atom. The predicted octanol–water partition coefficient (Wildman–Crippen LogP) is -0.157. The van der Waals surface area contributed by atoms with Crippen LogP contribution in [0.3, 0.4) is 0 Å². The normalized spacial score (nSPS) is 27.0. The SMILES string of the molecule is CN(C)CCN1CCC2(CNC2)C1. The molecule has 2 fully saturated rings. The van der Waals surface area contributed by atoms with E-state index in [0.29, 0.717) is 5.41 Å². The fourth-order valence-electron chi connectivity index (χ4n) is 2.33. The third-order valence-corrected chi connectivity index (χ3v) is 3.38. The Morgan fingerprint density at radius 2 is 2.15 bits per heavy atom. The molecule has 2 saturated heterocycles. The lowest BCUT2D eigenvalue weighted by Crippen LogP contribution is -2.54. The van der Waals surface area contributed by atoms with Gasteiger partial charge in [-0.05, 0) is 27.1 Å². The molecule has 2 heterocycles. The standard InChI is InChI=1S/C10H21N3/c1-12(2)5-6-13-4-3-10(9-13)7-11-8-10/h11H,3-9H2,1-2H3. The molecule has 0 saturated carbocycles. The number of nitrogens with one attached hydrogen (secondary N) is 1.